The summed E-state index contributed by atoms with van der Waals surface area (Å²) in [6.07, 6.45) is 6.23. The molecule has 2 saturated carbocycles. The van der Waals surface area contributed by atoms with Crippen LogP contribution < -0.4 is 0 Å². The monoisotopic (exact) mass is 236 g/mol. The van der Waals surface area contributed by atoms with E-state index in [1.54, 1.807) is 5.57 Å². The van der Waals surface area contributed by atoms with Crippen molar-refractivity contribution in [3.63, 3.8) is 0 Å². The van der Waals surface area contributed by atoms with Gasteiger partial charge in [0, 0.05) is 12.8 Å². The molecule has 2 nitrogen and oxygen atoms in total. The molecule has 0 radical (unpaired) electrons. The van der Waals surface area contributed by atoms with E-state index in [1.165, 1.54) is 26.2 Å². The van der Waals surface area contributed by atoms with E-state index in [2.05, 4.69) is 26.8 Å². The number of hydrogen-bond donors (Lipinski definition) is 0. The van der Waals surface area contributed by atoms with Crippen LogP contribution in [-0.4, -0.2) is 12.1 Å². The van der Waals surface area contributed by atoms with Crippen molar-refractivity contribution in [3.8, 4) is 0 Å². The van der Waals surface area contributed by atoms with E-state index in [0.717, 1.165) is 5.92 Å². The minimum absolute atomic E-state index is 0.109. The quantitative estimate of drug-likeness (QED) is 0.553. The third-order valence-corrected chi connectivity index (χ3v) is 4.46. The first-order chi connectivity index (χ1) is 8.02. The Morgan fingerprint density at radius 1 is 1.41 bits per heavy atom. The van der Waals surface area contributed by atoms with Gasteiger partial charge in [-0.3, -0.25) is 4.79 Å². The fourth-order valence-electron chi connectivity index (χ4n) is 3.86. The number of allylic oxidation sites excluding steroid dienone is 2. The van der Waals surface area contributed by atoms with E-state index in [-0.39, 0.29) is 12.1 Å². The van der Waals surface area contributed by atoms with E-state index in [1.807, 2.05) is 0 Å². The topological polar surface area (TPSA) is 26.3 Å². The smallest absolute Gasteiger partial charge is 0.302 e. The average Bonchev–Trinajstić information content (AvgIpc) is 2.83. The molecule has 2 bridgehead atoms. The van der Waals surface area contributed by atoms with Crippen LogP contribution in [0.25, 0.3) is 0 Å². The van der Waals surface area contributed by atoms with Crippen molar-refractivity contribution in [2.24, 2.45) is 23.7 Å². The molecule has 0 amide bonds. The lowest BCUT2D eigenvalue weighted by molar-refractivity contribution is -0.152. The summed E-state index contributed by atoms with van der Waals surface area (Å²) in [4.78, 5) is 11.2. The van der Waals surface area contributed by atoms with Crippen molar-refractivity contribution in [2.75, 3.05) is 0 Å². The molecule has 2 rings (SSSR count). The zero-order valence-electron chi connectivity index (χ0n) is 11.4. The van der Waals surface area contributed by atoms with Gasteiger partial charge in [-0.1, -0.05) is 25.5 Å². The van der Waals surface area contributed by atoms with Gasteiger partial charge in [-0.2, -0.15) is 0 Å². The zero-order valence-corrected chi connectivity index (χ0v) is 11.4. The Morgan fingerprint density at radius 3 is 2.59 bits per heavy atom. The predicted molar refractivity (Wildman–Crippen MR) is 68.5 cm³/mol. The van der Waals surface area contributed by atoms with Crippen LogP contribution >= 0.6 is 0 Å². The zero-order chi connectivity index (χ0) is 12.6. The molecule has 2 aliphatic carbocycles. The van der Waals surface area contributed by atoms with Crippen LogP contribution in [0.1, 0.15) is 47.0 Å². The third kappa shape index (κ3) is 2.41. The van der Waals surface area contributed by atoms with E-state index in [4.69, 9.17) is 4.74 Å². The molecular formula is C15H24O2. The molecule has 96 valence electrons. The van der Waals surface area contributed by atoms with Gasteiger partial charge in [0.1, 0.15) is 6.10 Å². The van der Waals surface area contributed by atoms with Crippen molar-refractivity contribution in [3.05, 3.63) is 11.6 Å². The van der Waals surface area contributed by atoms with E-state index >= 15 is 0 Å². The predicted octanol–water partition coefficient (Wildman–Crippen LogP) is 3.57. The van der Waals surface area contributed by atoms with Gasteiger partial charge in [0.05, 0.1) is 0 Å². The summed E-state index contributed by atoms with van der Waals surface area (Å²) in [7, 11) is 0. The van der Waals surface area contributed by atoms with Crippen molar-refractivity contribution in [2.45, 2.75) is 53.1 Å². The maximum absolute atomic E-state index is 11.2. The number of carbonyl (C=O) groups is 1. The number of carbonyl (C=O) groups excluding carboxylic acids is 1. The summed E-state index contributed by atoms with van der Waals surface area (Å²) in [5.74, 6) is 2.36. The number of esters is 1. The summed E-state index contributed by atoms with van der Waals surface area (Å²) >= 11 is 0. The van der Waals surface area contributed by atoms with Gasteiger partial charge in [0.2, 0.25) is 0 Å². The first-order valence-electron chi connectivity index (χ1n) is 6.85. The van der Waals surface area contributed by atoms with Crippen LogP contribution in [0, 0.1) is 23.7 Å². The average molecular weight is 236 g/mol. The molecule has 2 aliphatic rings. The highest BCUT2D eigenvalue weighted by molar-refractivity contribution is 5.66. The minimum atomic E-state index is -0.131. The van der Waals surface area contributed by atoms with Gasteiger partial charge in [-0.05, 0) is 43.9 Å². The molecule has 2 fully saturated rings. The Morgan fingerprint density at radius 2 is 2.12 bits per heavy atom. The molecule has 0 aromatic carbocycles. The fourth-order valence-corrected chi connectivity index (χ4v) is 3.86. The lowest BCUT2D eigenvalue weighted by Crippen LogP contribution is -2.34. The fraction of sp³-hybridized carbons (Fsp3) is 0.800. The van der Waals surface area contributed by atoms with Crippen molar-refractivity contribution in [1.82, 2.24) is 0 Å². The SMILES string of the molecule is CC=C1CC2CC1C(C(OC(C)=O)C(C)C)C2. The van der Waals surface area contributed by atoms with Gasteiger partial charge in [0.25, 0.3) is 0 Å². The number of hydrogen-bond acceptors (Lipinski definition) is 2. The van der Waals surface area contributed by atoms with Gasteiger partial charge in [-0.15, -0.1) is 0 Å². The van der Waals surface area contributed by atoms with Crippen molar-refractivity contribution in [1.29, 1.82) is 0 Å². The van der Waals surface area contributed by atoms with E-state index in [9.17, 15) is 4.79 Å². The van der Waals surface area contributed by atoms with Crippen LogP contribution in [-0.2, 0) is 9.53 Å². The Balaban J connectivity index is 2.13. The molecule has 0 saturated heterocycles. The largest absolute Gasteiger partial charge is 0.462 e. The lowest BCUT2D eigenvalue weighted by atomic mass is 9.78. The maximum atomic E-state index is 11.2. The Hall–Kier alpha value is -0.790. The maximum Gasteiger partial charge on any atom is 0.302 e. The number of fused-ring (bicyclic) bond motifs is 2. The highest BCUT2D eigenvalue weighted by Crippen LogP contribution is 2.53. The Bertz CT molecular complexity index is 330. The number of rotatable bonds is 3. The molecular weight excluding hydrogens is 212 g/mol. The molecule has 0 spiro atoms. The van der Waals surface area contributed by atoms with Crippen LogP contribution in [0.4, 0.5) is 0 Å². The summed E-state index contributed by atoms with van der Waals surface area (Å²) in [6, 6.07) is 0. The molecule has 4 atom stereocenters. The Labute approximate surface area is 104 Å². The molecule has 0 aliphatic heterocycles. The highest BCUT2D eigenvalue weighted by Gasteiger charge is 2.47. The summed E-state index contributed by atoms with van der Waals surface area (Å²) in [5, 5.41) is 0. The minimum Gasteiger partial charge on any atom is -0.462 e. The molecule has 17 heavy (non-hydrogen) atoms. The molecule has 2 heteroatoms. The van der Waals surface area contributed by atoms with Gasteiger partial charge >= 0.3 is 5.97 Å². The van der Waals surface area contributed by atoms with E-state index < -0.39 is 0 Å². The summed E-state index contributed by atoms with van der Waals surface area (Å²) < 4.78 is 5.58. The third-order valence-electron chi connectivity index (χ3n) is 4.46. The molecule has 4 unspecified atom stereocenters. The first kappa shape index (κ1) is 12.7. The van der Waals surface area contributed by atoms with E-state index in [0.29, 0.717) is 17.8 Å². The molecule has 0 aromatic rings. The van der Waals surface area contributed by atoms with Gasteiger partial charge in [-0.25, -0.2) is 0 Å². The Kier molecular flexibility index (Phi) is 3.60. The van der Waals surface area contributed by atoms with Crippen molar-refractivity contribution >= 4 is 5.97 Å². The summed E-state index contributed by atoms with van der Waals surface area (Å²) in [5.41, 5.74) is 1.60. The van der Waals surface area contributed by atoms with Gasteiger partial charge < -0.3 is 4.74 Å². The second-order valence-electron chi connectivity index (χ2n) is 5.99. The lowest BCUT2D eigenvalue weighted by Gasteiger charge is -2.33. The molecule has 0 N–H and O–H groups in total. The first-order valence-corrected chi connectivity index (χ1v) is 6.85. The number of ether oxygens (including phenoxy) is 1. The van der Waals surface area contributed by atoms with Crippen LogP contribution in [0.5, 0.6) is 0 Å². The van der Waals surface area contributed by atoms with Crippen LogP contribution in [0.15, 0.2) is 11.6 Å². The normalized spacial score (nSPS) is 35.6. The van der Waals surface area contributed by atoms with Crippen molar-refractivity contribution < 1.29 is 9.53 Å². The molecule has 0 heterocycles. The van der Waals surface area contributed by atoms with Gasteiger partial charge in [0.15, 0.2) is 0 Å². The summed E-state index contributed by atoms with van der Waals surface area (Å²) in [6.45, 7) is 7.99. The molecule has 0 aromatic heterocycles. The van der Waals surface area contributed by atoms with Crippen LogP contribution in [0.3, 0.4) is 0 Å². The van der Waals surface area contributed by atoms with Crippen LogP contribution in [0.2, 0.25) is 0 Å². The highest BCUT2D eigenvalue weighted by atomic mass is 16.5. The second-order valence-corrected chi connectivity index (χ2v) is 5.99. The standard InChI is InChI=1S/C15H24O2/c1-5-12-6-11-7-13(12)14(8-11)15(9(2)3)17-10(4)16/h5,9,11,13-15H,6-8H2,1-4H3. The second kappa shape index (κ2) is 4.83.